The molecule has 0 radical (unpaired) electrons. The number of thiazole rings is 1. The molecule has 0 aromatic carbocycles. The van der Waals surface area contributed by atoms with Gasteiger partial charge in [-0.3, -0.25) is 9.59 Å². The Kier molecular flexibility index (Phi) is 4.42. The zero-order chi connectivity index (χ0) is 14.9. The highest BCUT2D eigenvalue weighted by Gasteiger charge is 2.35. The van der Waals surface area contributed by atoms with Crippen molar-refractivity contribution in [2.24, 2.45) is 11.8 Å². The zero-order valence-corrected chi connectivity index (χ0v) is 12.8. The molecule has 20 heavy (non-hydrogen) atoms. The smallest absolute Gasteiger partial charge is 0.306 e. The minimum atomic E-state index is -0.773. The molecule has 1 aliphatic carbocycles. The van der Waals surface area contributed by atoms with E-state index in [2.05, 4.69) is 24.1 Å². The van der Waals surface area contributed by atoms with Gasteiger partial charge < -0.3 is 10.4 Å². The van der Waals surface area contributed by atoms with Crippen molar-refractivity contribution >= 4 is 23.2 Å². The first-order valence-electron chi connectivity index (χ1n) is 6.86. The molecule has 0 saturated heterocycles. The van der Waals surface area contributed by atoms with Crippen molar-refractivity contribution in [3.63, 3.8) is 0 Å². The van der Waals surface area contributed by atoms with Crippen LogP contribution >= 0.6 is 11.3 Å². The Bertz CT molecular complexity index is 518. The largest absolute Gasteiger partial charge is 0.481 e. The fourth-order valence-electron chi connectivity index (χ4n) is 2.36. The third kappa shape index (κ3) is 3.36. The molecular formula is C14H20N2O3S. The van der Waals surface area contributed by atoms with Gasteiger partial charge in [0.25, 0.3) is 5.91 Å². The van der Waals surface area contributed by atoms with Crippen molar-refractivity contribution in [1.82, 2.24) is 10.3 Å². The molecular weight excluding hydrogens is 276 g/mol. The van der Waals surface area contributed by atoms with E-state index in [1.165, 1.54) is 11.3 Å². The summed E-state index contributed by atoms with van der Waals surface area (Å²) in [7, 11) is 0. The summed E-state index contributed by atoms with van der Waals surface area (Å²) in [6, 6.07) is -0.0158. The lowest BCUT2D eigenvalue weighted by molar-refractivity contribution is -0.145. The summed E-state index contributed by atoms with van der Waals surface area (Å²) in [5.74, 6) is -0.744. The minimum Gasteiger partial charge on any atom is -0.481 e. The number of carboxylic acids is 1. The molecule has 6 heteroatoms. The van der Waals surface area contributed by atoms with Gasteiger partial charge in [0.15, 0.2) is 0 Å². The minimum absolute atomic E-state index is 0.0158. The quantitative estimate of drug-likeness (QED) is 0.873. The second kappa shape index (κ2) is 5.91. The topological polar surface area (TPSA) is 79.3 Å². The first kappa shape index (κ1) is 15.0. The number of rotatable bonds is 5. The van der Waals surface area contributed by atoms with Gasteiger partial charge in [-0.05, 0) is 32.1 Å². The van der Waals surface area contributed by atoms with Crippen molar-refractivity contribution < 1.29 is 14.7 Å². The van der Waals surface area contributed by atoms with Crippen molar-refractivity contribution in [2.75, 3.05) is 0 Å². The van der Waals surface area contributed by atoms with E-state index in [1.807, 2.05) is 6.92 Å². The van der Waals surface area contributed by atoms with E-state index in [0.717, 1.165) is 17.1 Å². The Hall–Kier alpha value is -1.43. The Morgan fingerprint density at radius 1 is 1.45 bits per heavy atom. The second-order valence-electron chi connectivity index (χ2n) is 5.78. The average Bonchev–Trinajstić information content (AvgIpc) is 2.62. The standard InChI is InChI=1S/C14H20N2O3S/c1-7(2)4-11-12(20-8(3)15-11)13(17)16-10-5-9(6-10)14(18)19/h7,9-10H,4-6H2,1-3H3,(H,16,17)(H,18,19). The number of amides is 1. The molecule has 1 aromatic rings. The van der Waals surface area contributed by atoms with Crippen LogP contribution in [0.3, 0.4) is 0 Å². The predicted octanol–water partition coefficient (Wildman–Crippen LogP) is 2.24. The summed E-state index contributed by atoms with van der Waals surface area (Å²) in [4.78, 5) is 28.1. The lowest BCUT2D eigenvalue weighted by Gasteiger charge is -2.32. The molecule has 0 atom stereocenters. The summed E-state index contributed by atoms with van der Waals surface area (Å²) in [5, 5.41) is 12.6. The van der Waals surface area contributed by atoms with Gasteiger partial charge in [-0.1, -0.05) is 13.8 Å². The van der Waals surface area contributed by atoms with Crippen LogP contribution in [0.4, 0.5) is 0 Å². The SMILES string of the molecule is Cc1nc(CC(C)C)c(C(=O)NC2CC(C(=O)O)C2)s1. The number of carbonyl (C=O) groups is 2. The molecule has 1 heterocycles. The van der Waals surface area contributed by atoms with Crippen molar-refractivity contribution in [3.05, 3.63) is 15.6 Å². The van der Waals surface area contributed by atoms with Crippen LogP contribution in [0.15, 0.2) is 0 Å². The van der Waals surface area contributed by atoms with Crippen molar-refractivity contribution in [2.45, 2.75) is 46.1 Å². The molecule has 0 spiro atoms. The molecule has 0 aliphatic heterocycles. The first-order chi connectivity index (χ1) is 9.36. The van der Waals surface area contributed by atoms with Gasteiger partial charge in [0.05, 0.1) is 16.6 Å². The number of aromatic nitrogens is 1. The molecule has 1 aromatic heterocycles. The molecule has 0 bridgehead atoms. The molecule has 110 valence electrons. The van der Waals surface area contributed by atoms with Crippen molar-refractivity contribution in [3.8, 4) is 0 Å². The highest BCUT2D eigenvalue weighted by atomic mass is 32.1. The molecule has 5 nitrogen and oxygen atoms in total. The number of nitrogens with one attached hydrogen (secondary N) is 1. The Morgan fingerprint density at radius 3 is 2.65 bits per heavy atom. The number of nitrogens with zero attached hydrogens (tertiary/aromatic N) is 1. The van der Waals surface area contributed by atoms with Gasteiger partial charge in [-0.2, -0.15) is 0 Å². The van der Waals surface area contributed by atoms with Gasteiger partial charge in [-0.25, -0.2) is 4.98 Å². The number of carboxylic acid groups (broad SMARTS) is 1. The van der Waals surface area contributed by atoms with Crippen LogP contribution < -0.4 is 5.32 Å². The molecule has 0 unspecified atom stereocenters. The molecule has 1 aliphatic rings. The maximum absolute atomic E-state index is 12.3. The lowest BCUT2D eigenvalue weighted by atomic mass is 9.80. The van der Waals surface area contributed by atoms with Gasteiger partial charge in [0.2, 0.25) is 0 Å². The fourth-order valence-corrected chi connectivity index (χ4v) is 3.21. The zero-order valence-electron chi connectivity index (χ0n) is 12.0. The van der Waals surface area contributed by atoms with E-state index in [1.54, 1.807) is 0 Å². The molecule has 1 saturated carbocycles. The fraction of sp³-hybridized carbons (Fsp3) is 0.643. The summed E-state index contributed by atoms with van der Waals surface area (Å²) < 4.78 is 0. The van der Waals surface area contributed by atoms with E-state index >= 15 is 0 Å². The van der Waals surface area contributed by atoms with E-state index in [-0.39, 0.29) is 17.9 Å². The summed E-state index contributed by atoms with van der Waals surface area (Å²) in [5.41, 5.74) is 0.856. The van der Waals surface area contributed by atoms with Crippen LogP contribution in [0.25, 0.3) is 0 Å². The van der Waals surface area contributed by atoms with Gasteiger partial charge in [0, 0.05) is 6.04 Å². The van der Waals surface area contributed by atoms with Gasteiger partial charge in [0.1, 0.15) is 4.88 Å². The van der Waals surface area contributed by atoms with Crippen LogP contribution in [-0.4, -0.2) is 28.0 Å². The highest BCUT2D eigenvalue weighted by Crippen LogP contribution is 2.28. The maximum Gasteiger partial charge on any atom is 0.306 e. The van der Waals surface area contributed by atoms with Crippen LogP contribution in [0.5, 0.6) is 0 Å². The maximum atomic E-state index is 12.3. The molecule has 1 fully saturated rings. The molecule has 1 amide bonds. The summed E-state index contributed by atoms with van der Waals surface area (Å²) in [6.07, 6.45) is 1.84. The monoisotopic (exact) mass is 296 g/mol. The number of aliphatic carboxylic acids is 1. The van der Waals surface area contributed by atoms with E-state index < -0.39 is 5.97 Å². The summed E-state index contributed by atoms with van der Waals surface area (Å²) in [6.45, 7) is 6.09. The van der Waals surface area contributed by atoms with Crippen molar-refractivity contribution in [1.29, 1.82) is 0 Å². The first-order valence-corrected chi connectivity index (χ1v) is 7.68. The number of hydrogen-bond donors (Lipinski definition) is 2. The van der Waals surface area contributed by atoms with Crippen LogP contribution in [-0.2, 0) is 11.2 Å². The normalized spacial score (nSPS) is 21.6. The van der Waals surface area contributed by atoms with E-state index in [4.69, 9.17) is 5.11 Å². The van der Waals surface area contributed by atoms with Crippen LogP contribution in [0.1, 0.15) is 47.1 Å². The van der Waals surface area contributed by atoms with Gasteiger partial charge >= 0.3 is 5.97 Å². The number of carbonyl (C=O) groups excluding carboxylic acids is 1. The Balaban J connectivity index is 1.98. The third-order valence-corrected chi connectivity index (χ3v) is 4.45. The van der Waals surface area contributed by atoms with E-state index in [0.29, 0.717) is 23.6 Å². The number of aryl methyl sites for hydroxylation is 1. The van der Waals surface area contributed by atoms with Crippen LogP contribution in [0.2, 0.25) is 0 Å². The van der Waals surface area contributed by atoms with E-state index in [9.17, 15) is 9.59 Å². The summed E-state index contributed by atoms with van der Waals surface area (Å²) >= 11 is 1.41. The Morgan fingerprint density at radius 2 is 2.10 bits per heavy atom. The van der Waals surface area contributed by atoms with Gasteiger partial charge in [-0.15, -0.1) is 11.3 Å². The average molecular weight is 296 g/mol. The molecule has 2 rings (SSSR count). The molecule has 2 N–H and O–H groups in total. The third-order valence-electron chi connectivity index (χ3n) is 3.43. The number of hydrogen-bond acceptors (Lipinski definition) is 4. The lowest BCUT2D eigenvalue weighted by Crippen LogP contribution is -2.46. The highest BCUT2D eigenvalue weighted by molar-refractivity contribution is 7.13. The predicted molar refractivity (Wildman–Crippen MR) is 77.0 cm³/mol. The Labute approximate surface area is 122 Å². The van der Waals surface area contributed by atoms with Crippen LogP contribution in [0, 0.1) is 18.8 Å². The second-order valence-corrected chi connectivity index (χ2v) is 6.99.